The lowest BCUT2D eigenvalue weighted by Crippen LogP contribution is -2.42. The number of amides is 1. The van der Waals surface area contributed by atoms with E-state index in [4.69, 9.17) is 4.74 Å². The molecule has 150 valence electrons. The van der Waals surface area contributed by atoms with Crippen molar-refractivity contribution in [3.8, 4) is 0 Å². The maximum absolute atomic E-state index is 11.6. The molecule has 1 heterocycles. The molecule has 26 heavy (non-hydrogen) atoms. The third-order valence-corrected chi connectivity index (χ3v) is 3.94. The Kier molecular flexibility index (Phi) is 12.6. The number of aromatic nitrogens is 1. The van der Waals surface area contributed by atoms with Crippen LogP contribution in [0, 0.1) is 6.92 Å². The number of nitrogens with zero attached hydrogens (tertiary/aromatic N) is 2. The van der Waals surface area contributed by atoms with E-state index in [1.165, 1.54) is 0 Å². The van der Waals surface area contributed by atoms with Crippen LogP contribution in [0.5, 0.6) is 0 Å². The molecule has 0 fully saturated rings. The largest absolute Gasteiger partial charge is 0.444 e. The van der Waals surface area contributed by atoms with Crippen molar-refractivity contribution in [2.75, 3.05) is 26.2 Å². The first kappa shape index (κ1) is 24.9. The molecule has 0 unspecified atom stereocenters. The smallest absolute Gasteiger partial charge is 0.407 e. The summed E-state index contributed by atoms with van der Waals surface area (Å²) in [5, 5.41) is 12.3. The topological polar surface area (TPSA) is 87.6 Å². The second-order valence-electron chi connectivity index (χ2n) is 6.60. The van der Waals surface area contributed by atoms with E-state index in [9.17, 15) is 4.79 Å². The minimum atomic E-state index is -0.482. The van der Waals surface area contributed by atoms with Gasteiger partial charge in [0.25, 0.3) is 0 Å². The van der Waals surface area contributed by atoms with Crippen molar-refractivity contribution in [3.05, 3.63) is 16.1 Å². The Balaban J connectivity index is 0.00000625. The third kappa shape index (κ3) is 12.3. The van der Waals surface area contributed by atoms with Gasteiger partial charge in [0.05, 0.1) is 5.01 Å². The Bertz CT molecular complexity index is 558. The lowest BCUT2D eigenvalue weighted by atomic mass is 10.2. The summed E-state index contributed by atoms with van der Waals surface area (Å²) in [6.07, 6.45) is 1.50. The minimum Gasteiger partial charge on any atom is -0.444 e. The van der Waals surface area contributed by atoms with Gasteiger partial charge in [-0.1, -0.05) is 0 Å². The number of carbonyl (C=O) groups is 1. The van der Waals surface area contributed by atoms with E-state index in [1.54, 1.807) is 11.3 Å². The van der Waals surface area contributed by atoms with Crippen molar-refractivity contribution in [1.29, 1.82) is 0 Å². The number of thiazole rings is 1. The summed E-state index contributed by atoms with van der Waals surface area (Å²) in [7, 11) is 0. The number of alkyl carbamates (subject to hydrolysis) is 1. The van der Waals surface area contributed by atoms with E-state index in [0.29, 0.717) is 13.1 Å². The van der Waals surface area contributed by atoms with E-state index in [2.05, 4.69) is 31.3 Å². The second-order valence-corrected chi connectivity index (χ2v) is 7.54. The number of halogens is 1. The maximum atomic E-state index is 11.6. The maximum Gasteiger partial charge on any atom is 0.407 e. The Morgan fingerprint density at radius 2 is 1.96 bits per heavy atom. The Morgan fingerprint density at radius 1 is 1.27 bits per heavy atom. The third-order valence-electron chi connectivity index (χ3n) is 2.92. The van der Waals surface area contributed by atoms with Crippen LogP contribution in [0.25, 0.3) is 0 Å². The first-order chi connectivity index (χ1) is 11.8. The van der Waals surface area contributed by atoms with Crippen molar-refractivity contribution in [3.63, 3.8) is 0 Å². The summed E-state index contributed by atoms with van der Waals surface area (Å²) in [6.45, 7) is 12.1. The summed E-state index contributed by atoms with van der Waals surface area (Å²) in [5.74, 6) is 0.754. The molecule has 9 heteroatoms. The molecule has 1 aromatic rings. The minimum absolute atomic E-state index is 0. The number of aryl methyl sites for hydroxylation is 2. The number of hydrogen-bond donors (Lipinski definition) is 3. The van der Waals surface area contributed by atoms with Crippen molar-refractivity contribution in [2.45, 2.75) is 53.1 Å². The molecule has 0 spiro atoms. The van der Waals surface area contributed by atoms with Crippen LogP contribution in [-0.4, -0.2) is 48.8 Å². The van der Waals surface area contributed by atoms with Gasteiger partial charge in [-0.15, -0.1) is 35.3 Å². The van der Waals surface area contributed by atoms with Gasteiger partial charge in [0, 0.05) is 43.7 Å². The van der Waals surface area contributed by atoms with Gasteiger partial charge in [0.1, 0.15) is 5.60 Å². The number of nitrogens with one attached hydrogen (secondary N) is 3. The molecule has 0 saturated carbocycles. The first-order valence-electron chi connectivity index (χ1n) is 8.70. The van der Waals surface area contributed by atoms with Gasteiger partial charge in [-0.05, 0) is 41.0 Å². The summed E-state index contributed by atoms with van der Waals surface area (Å²) >= 11 is 1.70. The van der Waals surface area contributed by atoms with Gasteiger partial charge >= 0.3 is 6.09 Å². The molecule has 1 rings (SSSR count). The van der Waals surface area contributed by atoms with Gasteiger partial charge in [-0.2, -0.15) is 0 Å². The van der Waals surface area contributed by atoms with Gasteiger partial charge in [-0.3, -0.25) is 4.99 Å². The number of ether oxygens (including phenoxy) is 1. The van der Waals surface area contributed by atoms with Crippen LogP contribution in [-0.2, 0) is 11.2 Å². The molecule has 0 aromatic carbocycles. The van der Waals surface area contributed by atoms with E-state index >= 15 is 0 Å². The van der Waals surface area contributed by atoms with Crippen LogP contribution in [0.1, 0.15) is 44.8 Å². The number of aliphatic imine (C=N–C) groups is 1. The molecule has 0 radical (unpaired) electrons. The van der Waals surface area contributed by atoms with Crippen LogP contribution in [0.15, 0.2) is 10.4 Å². The van der Waals surface area contributed by atoms with Crippen molar-refractivity contribution in [1.82, 2.24) is 20.9 Å². The van der Waals surface area contributed by atoms with E-state index in [0.717, 1.165) is 42.6 Å². The zero-order valence-corrected chi connectivity index (χ0v) is 19.5. The molecule has 0 aliphatic carbocycles. The van der Waals surface area contributed by atoms with Crippen LogP contribution >= 0.6 is 35.3 Å². The van der Waals surface area contributed by atoms with Crippen LogP contribution in [0.3, 0.4) is 0 Å². The van der Waals surface area contributed by atoms with Gasteiger partial charge in [0.2, 0.25) is 0 Å². The lowest BCUT2D eigenvalue weighted by Gasteiger charge is -2.19. The highest BCUT2D eigenvalue weighted by Crippen LogP contribution is 2.10. The predicted molar refractivity (Wildman–Crippen MR) is 119 cm³/mol. The van der Waals surface area contributed by atoms with Gasteiger partial charge in [0.15, 0.2) is 5.96 Å². The van der Waals surface area contributed by atoms with Gasteiger partial charge < -0.3 is 20.7 Å². The Hall–Kier alpha value is -1.10. The highest BCUT2D eigenvalue weighted by Gasteiger charge is 2.15. The van der Waals surface area contributed by atoms with Crippen LogP contribution in [0.2, 0.25) is 0 Å². The Morgan fingerprint density at radius 3 is 2.54 bits per heavy atom. The summed E-state index contributed by atoms with van der Waals surface area (Å²) in [4.78, 5) is 20.6. The average molecular weight is 497 g/mol. The molecule has 1 amide bonds. The summed E-state index contributed by atoms with van der Waals surface area (Å²) in [5.41, 5.74) is 0.597. The SMILES string of the molecule is CCNC(=NCCCc1nc(C)cs1)NCCNC(=O)OC(C)(C)C.I. The molecule has 0 atom stereocenters. The molecule has 7 nitrogen and oxygen atoms in total. The molecule has 0 bridgehead atoms. The van der Waals surface area contributed by atoms with Crippen LogP contribution in [0.4, 0.5) is 4.79 Å². The standard InChI is InChI=1S/C17H31N5O2S.HI/c1-6-18-15(19-9-7-8-14-22-13(2)12-25-14)20-10-11-21-16(23)24-17(3,4)5;/h12H,6-11H2,1-5H3,(H,21,23)(H2,18,19,20);1H. The number of hydrogen-bond acceptors (Lipinski definition) is 5. The zero-order chi connectivity index (χ0) is 18.7. The fourth-order valence-corrected chi connectivity index (χ4v) is 2.76. The second kappa shape index (κ2) is 13.1. The number of guanidine groups is 1. The molecule has 1 aromatic heterocycles. The average Bonchev–Trinajstić information content (AvgIpc) is 2.91. The van der Waals surface area contributed by atoms with Crippen molar-refractivity contribution in [2.24, 2.45) is 4.99 Å². The normalized spacial score (nSPS) is 11.5. The number of carbonyl (C=O) groups excluding carboxylic acids is 1. The Labute approximate surface area is 177 Å². The fraction of sp³-hybridized carbons (Fsp3) is 0.706. The molecule has 0 aliphatic rings. The highest BCUT2D eigenvalue weighted by molar-refractivity contribution is 14.0. The monoisotopic (exact) mass is 497 g/mol. The quantitative estimate of drug-likeness (QED) is 0.223. The van der Waals surface area contributed by atoms with E-state index in [-0.39, 0.29) is 24.0 Å². The molecule has 0 aliphatic heterocycles. The van der Waals surface area contributed by atoms with Crippen molar-refractivity contribution >= 4 is 47.4 Å². The number of rotatable bonds is 8. The highest BCUT2D eigenvalue weighted by atomic mass is 127. The van der Waals surface area contributed by atoms with Crippen molar-refractivity contribution < 1.29 is 9.53 Å². The first-order valence-corrected chi connectivity index (χ1v) is 9.58. The zero-order valence-electron chi connectivity index (χ0n) is 16.3. The molecular weight excluding hydrogens is 465 g/mol. The lowest BCUT2D eigenvalue weighted by molar-refractivity contribution is 0.0529. The predicted octanol–water partition coefficient (Wildman–Crippen LogP) is 3.08. The van der Waals surface area contributed by atoms with E-state index in [1.807, 2.05) is 34.6 Å². The molecule has 0 saturated heterocycles. The fourth-order valence-electron chi connectivity index (χ4n) is 1.94. The summed E-state index contributed by atoms with van der Waals surface area (Å²) in [6, 6.07) is 0. The molecular formula is C17H32IN5O2S. The summed E-state index contributed by atoms with van der Waals surface area (Å²) < 4.78 is 5.19. The van der Waals surface area contributed by atoms with Gasteiger partial charge in [-0.25, -0.2) is 9.78 Å². The van der Waals surface area contributed by atoms with E-state index < -0.39 is 11.7 Å². The molecule has 3 N–H and O–H groups in total. The van der Waals surface area contributed by atoms with Crippen LogP contribution < -0.4 is 16.0 Å².